The van der Waals surface area contributed by atoms with E-state index in [1.807, 2.05) is 46.9 Å². The molecule has 0 N–H and O–H groups in total. The molecule has 0 spiro atoms. The quantitative estimate of drug-likeness (QED) is 0.0997. The van der Waals surface area contributed by atoms with Gasteiger partial charge in [-0.25, -0.2) is 0 Å². The molecule has 1 unspecified atom stereocenters. The van der Waals surface area contributed by atoms with Gasteiger partial charge in [-0.1, -0.05) is 59.0 Å². The molecule has 33 heavy (non-hydrogen) atoms. The van der Waals surface area contributed by atoms with Gasteiger partial charge >= 0.3 is 11.9 Å². The third kappa shape index (κ3) is 8.08. The predicted octanol–water partition coefficient (Wildman–Crippen LogP) is 5.46. The van der Waals surface area contributed by atoms with Gasteiger partial charge in [0.05, 0.1) is 23.9 Å². The average molecular weight is 577 g/mol. The summed E-state index contributed by atoms with van der Waals surface area (Å²) in [5, 5.41) is 0. The van der Waals surface area contributed by atoms with Gasteiger partial charge in [-0.2, -0.15) is 0 Å². The first-order valence-electron chi connectivity index (χ1n) is 10.6. The van der Waals surface area contributed by atoms with Gasteiger partial charge in [0.15, 0.2) is 14.7 Å². The summed E-state index contributed by atoms with van der Waals surface area (Å²) < 4.78 is 15.5. The highest BCUT2D eigenvalue weighted by molar-refractivity contribution is 14.1. The van der Waals surface area contributed by atoms with Crippen LogP contribution in [0.5, 0.6) is 5.75 Å². The molecule has 3 aromatic rings. The van der Waals surface area contributed by atoms with E-state index in [0.717, 1.165) is 0 Å². The van der Waals surface area contributed by atoms with Crippen LogP contribution in [0.3, 0.4) is 0 Å². The van der Waals surface area contributed by atoms with Crippen molar-refractivity contribution in [3.63, 3.8) is 0 Å². The van der Waals surface area contributed by atoms with Crippen LogP contribution < -0.4 is 4.74 Å². The summed E-state index contributed by atoms with van der Waals surface area (Å²) in [6.45, 7) is 2.06. The Kier molecular flexibility index (Phi) is 10.1. The Bertz CT molecular complexity index is 970. The van der Waals surface area contributed by atoms with Gasteiger partial charge in [-0.3, -0.25) is 9.59 Å². The molecular formula is C26H26IO5S+. The van der Waals surface area contributed by atoms with Crippen molar-refractivity contribution in [3.05, 3.63) is 84.9 Å². The van der Waals surface area contributed by atoms with E-state index in [9.17, 15) is 9.59 Å². The lowest BCUT2D eigenvalue weighted by molar-refractivity contribution is -0.151. The van der Waals surface area contributed by atoms with Crippen molar-refractivity contribution < 1.29 is 23.8 Å². The number of ether oxygens (including phenoxy) is 3. The highest BCUT2D eigenvalue weighted by Crippen LogP contribution is 2.31. The lowest BCUT2D eigenvalue weighted by atomic mass is 10.3. The zero-order valence-corrected chi connectivity index (χ0v) is 21.3. The summed E-state index contributed by atoms with van der Waals surface area (Å²) in [7, 11) is -0.213. The molecule has 0 aliphatic heterocycles. The maximum absolute atomic E-state index is 11.8. The van der Waals surface area contributed by atoms with E-state index in [4.69, 9.17) is 14.2 Å². The molecule has 0 aliphatic rings. The van der Waals surface area contributed by atoms with Crippen LogP contribution in [0, 0.1) is 0 Å². The van der Waals surface area contributed by atoms with E-state index >= 15 is 0 Å². The predicted molar refractivity (Wildman–Crippen MR) is 137 cm³/mol. The Balaban J connectivity index is 1.51. The minimum atomic E-state index is -0.389. The number of halogens is 1. The molecule has 0 aromatic heterocycles. The second-order valence-electron chi connectivity index (χ2n) is 7.01. The molecule has 1 atom stereocenters. The number of rotatable bonds is 11. The van der Waals surface area contributed by atoms with E-state index < -0.39 is 0 Å². The molecular weight excluding hydrogens is 551 g/mol. The van der Waals surface area contributed by atoms with Gasteiger partial charge in [0, 0.05) is 0 Å². The van der Waals surface area contributed by atoms with Crippen molar-refractivity contribution in [2.45, 2.75) is 32.0 Å². The van der Waals surface area contributed by atoms with Crippen molar-refractivity contribution in [3.8, 4) is 5.75 Å². The first-order valence-corrected chi connectivity index (χ1v) is 13.0. The Morgan fingerprint density at radius 2 is 1.27 bits per heavy atom. The standard InChI is InChI=1S/C26H26IO5S/c1-20(27)26(29)32-19-18-31-25(28)16-17-30-21-12-14-24(15-13-21)33(22-8-4-2-5-9-22)23-10-6-3-7-11-23/h2-15,20H,16-19H2,1H3/q+1. The molecule has 0 aliphatic carbocycles. The lowest BCUT2D eigenvalue weighted by Crippen LogP contribution is -2.19. The largest absolute Gasteiger partial charge is 0.493 e. The molecule has 0 bridgehead atoms. The maximum Gasteiger partial charge on any atom is 0.318 e. The zero-order valence-electron chi connectivity index (χ0n) is 18.3. The second kappa shape index (κ2) is 13.3. The zero-order chi connectivity index (χ0) is 23.5. The normalized spacial score (nSPS) is 11.6. The summed E-state index contributed by atoms with van der Waals surface area (Å²) in [4.78, 5) is 26.9. The molecule has 3 rings (SSSR count). The Morgan fingerprint density at radius 1 is 0.758 bits per heavy atom. The van der Waals surface area contributed by atoms with Gasteiger partial charge in [0.2, 0.25) is 0 Å². The molecule has 0 amide bonds. The van der Waals surface area contributed by atoms with Gasteiger partial charge in [-0.05, 0) is 55.5 Å². The second-order valence-corrected chi connectivity index (χ2v) is 10.9. The van der Waals surface area contributed by atoms with Crippen molar-refractivity contribution in [2.24, 2.45) is 0 Å². The van der Waals surface area contributed by atoms with Crippen molar-refractivity contribution in [1.82, 2.24) is 0 Å². The summed E-state index contributed by atoms with van der Waals surface area (Å²) in [5.74, 6) is -0.0121. The number of alkyl halides is 1. The molecule has 0 saturated heterocycles. The van der Waals surface area contributed by atoms with Crippen LogP contribution in [0.2, 0.25) is 0 Å². The maximum atomic E-state index is 11.8. The third-order valence-corrected chi connectivity index (χ3v) is 7.25. The van der Waals surface area contributed by atoms with Gasteiger partial charge in [-0.15, -0.1) is 0 Å². The molecule has 7 heteroatoms. The Hall–Kier alpha value is -2.52. The minimum Gasteiger partial charge on any atom is -0.493 e. The third-order valence-electron chi connectivity index (χ3n) is 4.51. The Labute approximate surface area is 210 Å². The molecule has 5 nitrogen and oxygen atoms in total. The number of carbonyl (C=O) groups excluding carboxylic acids is 2. The number of carbonyl (C=O) groups is 2. The highest BCUT2D eigenvalue weighted by Gasteiger charge is 2.28. The molecule has 0 saturated carbocycles. The number of esters is 2. The van der Waals surface area contributed by atoms with Gasteiger partial charge in [0.1, 0.15) is 22.9 Å². The topological polar surface area (TPSA) is 61.8 Å². The lowest BCUT2D eigenvalue weighted by Gasteiger charge is -2.10. The monoisotopic (exact) mass is 577 g/mol. The fourth-order valence-electron chi connectivity index (χ4n) is 2.93. The smallest absolute Gasteiger partial charge is 0.318 e. The van der Waals surface area contributed by atoms with Crippen molar-refractivity contribution >= 4 is 45.4 Å². The van der Waals surface area contributed by atoms with Crippen LogP contribution >= 0.6 is 22.6 Å². The van der Waals surface area contributed by atoms with E-state index in [-0.39, 0.29) is 53.0 Å². The van der Waals surface area contributed by atoms with Crippen LogP contribution in [-0.2, 0) is 30.0 Å². The van der Waals surface area contributed by atoms with E-state index in [0.29, 0.717) is 5.75 Å². The van der Waals surface area contributed by atoms with Crippen LogP contribution in [0.15, 0.2) is 99.6 Å². The van der Waals surface area contributed by atoms with Gasteiger partial charge in [0.25, 0.3) is 0 Å². The van der Waals surface area contributed by atoms with Crippen LogP contribution in [0.1, 0.15) is 13.3 Å². The summed E-state index contributed by atoms with van der Waals surface area (Å²) in [6, 6.07) is 28.9. The SMILES string of the molecule is CC(I)C(=O)OCCOC(=O)CCOc1ccc([S+](c2ccccc2)c2ccccc2)cc1. The van der Waals surface area contributed by atoms with Crippen molar-refractivity contribution in [1.29, 1.82) is 0 Å². The first-order chi connectivity index (χ1) is 16.0. The number of hydrogen-bond acceptors (Lipinski definition) is 5. The van der Waals surface area contributed by atoms with Crippen LogP contribution in [0.25, 0.3) is 0 Å². The number of benzene rings is 3. The summed E-state index contributed by atoms with van der Waals surface area (Å²) in [5.41, 5.74) is 0. The molecule has 0 radical (unpaired) electrons. The van der Waals surface area contributed by atoms with Crippen molar-refractivity contribution in [2.75, 3.05) is 19.8 Å². The fraction of sp³-hybridized carbons (Fsp3) is 0.231. The van der Waals surface area contributed by atoms with E-state index in [2.05, 4.69) is 60.7 Å². The molecule has 0 heterocycles. The van der Waals surface area contributed by atoms with E-state index in [1.165, 1.54) is 14.7 Å². The first kappa shape index (κ1) is 25.1. The molecule has 172 valence electrons. The fourth-order valence-corrected chi connectivity index (χ4v) is 5.19. The summed E-state index contributed by atoms with van der Waals surface area (Å²) >= 11 is 1.97. The van der Waals surface area contributed by atoms with E-state index in [1.54, 1.807) is 6.92 Å². The Morgan fingerprint density at radius 3 is 1.82 bits per heavy atom. The van der Waals surface area contributed by atoms with Crippen LogP contribution in [0.4, 0.5) is 0 Å². The summed E-state index contributed by atoms with van der Waals surface area (Å²) in [6.07, 6.45) is 0.122. The number of hydrogen-bond donors (Lipinski definition) is 0. The average Bonchev–Trinajstić information content (AvgIpc) is 2.84. The molecule has 3 aromatic carbocycles. The highest BCUT2D eigenvalue weighted by atomic mass is 127. The molecule has 0 fully saturated rings. The van der Waals surface area contributed by atoms with Gasteiger partial charge < -0.3 is 14.2 Å². The minimum absolute atomic E-state index is 0.0456. The van der Waals surface area contributed by atoms with Crippen LogP contribution in [-0.4, -0.2) is 35.7 Å².